The summed E-state index contributed by atoms with van der Waals surface area (Å²) in [5.41, 5.74) is 0.431. The van der Waals surface area contributed by atoms with E-state index in [-0.39, 0.29) is 12.5 Å². The zero-order valence-corrected chi connectivity index (χ0v) is 9.34. The Kier molecular flexibility index (Phi) is 3.53. The third-order valence-electron chi connectivity index (χ3n) is 2.97. The largest absolute Gasteiger partial charge is 0.481 e. The highest BCUT2D eigenvalue weighted by atomic mass is 16.4. The summed E-state index contributed by atoms with van der Waals surface area (Å²) in [4.78, 5) is 10.5. The van der Waals surface area contributed by atoms with Crippen molar-refractivity contribution < 1.29 is 9.90 Å². The van der Waals surface area contributed by atoms with Gasteiger partial charge in [0.1, 0.15) is 0 Å². The van der Waals surface area contributed by atoms with Crippen LogP contribution in [0.3, 0.4) is 0 Å². The average Bonchev–Trinajstić information content (AvgIpc) is 2.27. The van der Waals surface area contributed by atoms with E-state index < -0.39 is 5.97 Å². The molecule has 0 amide bonds. The summed E-state index contributed by atoms with van der Waals surface area (Å²) in [7, 11) is 0. The molecule has 0 radical (unpaired) electrons. The van der Waals surface area contributed by atoms with Crippen LogP contribution >= 0.6 is 0 Å². The van der Waals surface area contributed by atoms with E-state index in [1.54, 1.807) is 0 Å². The average molecular weight is 199 g/mol. The maximum absolute atomic E-state index is 10.5. The van der Waals surface area contributed by atoms with Crippen LogP contribution in [0.15, 0.2) is 0 Å². The fraction of sp³-hybridized carbons (Fsp3) is 0.909. The Bertz CT molecular complexity index is 213. The van der Waals surface area contributed by atoms with Crippen LogP contribution in [0, 0.1) is 5.41 Å². The second kappa shape index (κ2) is 4.30. The number of rotatable bonds is 4. The smallest absolute Gasteiger partial charge is 0.304 e. The maximum Gasteiger partial charge on any atom is 0.304 e. The summed E-state index contributed by atoms with van der Waals surface area (Å²) in [6.45, 7) is 6.49. The van der Waals surface area contributed by atoms with Gasteiger partial charge in [-0.3, -0.25) is 4.79 Å². The molecule has 2 atom stereocenters. The van der Waals surface area contributed by atoms with Crippen molar-refractivity contribution in [3.8, 4) is 0 Å². The van der Waals surface area contributed by atoms with Gasteiger partial charge in [-0.05, 0) is 31.6 Å². The van der Waals surface area contributed by atoms with Gasteiger partial charge in [-0.25, -0.2) is 0 Å². The summed E-state index contributed by atoms with van der Waals surface area (Å²) in [5, 5.41) is 12.0. The Morgan fingerprint density at radius 2 is 2.29 bits per heavy atom. The minimum Gasteiger partial charge on any atom is -0.481 e. The molecule has 0 heterocycles. The summed E-state index contributed by atoms with van der Waals surface area (Å²) >= 11 is 0. The molecule has 0 saturated heterocycles. The topological polar surface area (TPSA) is 49.3 Å². The molecule has 0 aliphatic heterocycles. The van der Waals surface area contributed by atoms with Gasteiger partial charge in [-0.1, -0.05) is 13.8 Å². The van der Waals surface area contributed by atoms with Crippen molar-refractivity contribution in [3.63, 3.8) is 0 Å². The molecule has 2 N–H and O–H groups in total. The van der Waals surface area contributed by atoms with Crippen molar-refractivity contribution >= 4 is 5.97 Å². The molecule has 2 unspecified atom stereocenters. The molecule has 0 aromatic carbocycles. The Balaban J connectivity index is 2.29. The molecule has 82 valence electrons. The van der Waals surface area contributed by atoms with Gasteiger partial charge in [0.15, 0.2) is 0 Å². The second-order valence-electron chi connectivity index (χ2n) is 5.27. The number of nitrogens with one attached hydrogen (secondary N) is 1. The van der Waals surface area contributed by atoms with Crippen molar-refractivity contribution in [1.29, 1.82) is 0 Å². The van der Waals surface area contributed by atoms with E-state index in [4.69, 9.17) is 5.11 Å². The molecule has 1 fully saturated rings. The van der Waals surface area contributed by atoms with Gasteiger partial charge < -0.3 is 10.4 Å². The van der Waals surface area contributed by atoms with Gasteiger partial charge >= 0.3 is 5.97 Å². The molecule has 1 rings (SSSR count). The van der Waals surface area contributed by atoms with E-state index in [2.05, 4.69) is 19.2 Å². The normalized spacial score (nSPS) is 27.5. The Morgan fingerprint density at radius 3 is 2.71 bits per heavy atom. The Morgan fingerprint density at radius 1 is 1.64 bits per heavy atom. The van der Waals surface area contributed by atoms with Crippen molar-refractivity contribution in [3.05, 3.63) is 0 Å². The SMILES string of the molecule is CC(CC(=O)O)NC1CCC(C)(C)C1. The fourth-order valence-electron chi connectivity index (χ4n) is 2.30. The van der Waals surface area contributed by atoms with Crippen LogP contribution < -0.4 is 5.32 Å². The predicted octanol–water partition coefficient (Wildman–Crippen LogP) is 2.02. The molecule has 1 aliphatic carbocycles. The molecule has 0 spiro atoms. The molecule has 0 aromatic rings. The molecular formula is C11H21NO2. The highest BCUT2D eigenvalue weighted by Crippen LogP contribution is 2.37. The minimum atomic E-state index is -0.720. The van der Waals surface area contributed by atoms with Crippen molar-refractivity contribution in [2.75, 3.05) is 0 Å². The van der Waals surface area contributed by atoms with Gasteiger partial charge in [-0.15, -0.1) is 0 Å². The van der Waals surface area contributed by atoms with Gasteiger partial charge in [0, 0.05) is 12.1 Å². The lowest BCUT2D eigenvalue weighted by Crippen LogP contribution is -2.36. The van der Waals surface area contributed by atoms with Crippen LogP contribution in [-0.4, -0.2) is 23.2 Å². The summed E-state index contributed by atoms with van der Waals surface area (Å²) in [5.74, 6) is -0.720. The minimum absolute atomic E-state index is 0.0893. The number of aliphatic carboxylic acids is 1. The van der Waals surface area contributed by atoms with E-state index >= 15 is 0 Å². The zero-order chi connectivity index (χ0) is 10.8. The molecular weight excluding hydrogens is 178 g/mol. The second-order valence-corrected chi connectivity index (χ2v) is 5.27. The third kappa shape index (κ3) is 3.66. The van der Waals surface area contributed by atoms with Gasteiger partial charge in [0.25, 0.3) is 0 Å². The summed E-state index contributed by atoms with van der Waals surface area (Å²) in [6, 6.07) is 0.603. The number of hydrogen-bond acceptors (Lipinski definition) is 2. The van der Waals surface area contributed by atoms with Crippen LogP contribution in [0.5, 0.6) is 0 Å². The number of carboxylic acids is 1. The first-order valence-corrected chi connectivity index (χ1v) is 5.37. The van der Waals surface area contributed by atoms with Gasteiger partial charge in [0.05, 0.1) is 6.42 Å². The third-order valence-corrected chi connectivity index (χ3v) is 2.97. The standard InChI is InChI=1S/C11H21NO2/c1-8(6-10(13)14)12-9-4-5-11(2,3)7-9/h8-9,12H,4-7H2,1-3H3,(H,13,14). The van der Waals surface area contributed by atoms with Crippen molar-refractivity contribution in [2.45, 2.75) is 58.5 Å². The maximum atomic E-state index is 10.5. The van der Waals surface area contributed by atoms with Crippen molar-refractivity contribution in [1.82, 2.24) is 5.32 Å². The lowest BCUT2D eigenvalue weighted by molar-refractivity contribution is -0.137. The van der Waals surface area contributed by atoms with E-state index in [1.807, 2.05) is 6.92 Å². The number of hydrogen-bond donors (Lipinski definition) is 2. The molecule has 1 saturated carbocycles. The number of carboxylic acid groups (broad SMARTS) is 1. The molecule has 3 nitrogen and oxygen atoms in total. The lowest BCUT2D eigenvalue weighted by Gasteiger charge is -2.20. The Hall–Kier alpha value is -0.570. The van der Waals surface area contributed by atoms with Crippen LogP contribution in [-0.2, 0) is 4.79 Å². The van der Waals surface area contributed by atoms with E-state index in [0.29, 0.717) is 11.5 Å². The molecule has 0 bridgehead atoms. The van der Waals surface area contributed by atoms with E-state index in [1.165, 1.54) is 12.8 Å². The van der Waals surface area contributed by atoms with Crippen LogP contribution in [0.4, 0.5) is 0 Å². The highest BCUT2D eigenvalue weighted by molar-refractivity contribution is 5.67. The van der Waals surface area contributed by atoms with Crippen LogP contribution in [0.1, 0.15) is 46.5 Å². The first-order chi connectivity index (χ1) is 6.39. The lowest BCUT2D eigenvalue weighted by atomic mass is 9.92. The quantitative estimate of drug-likeness (QED) is 0.728. The first-order valence-electron chi connectivity index (χ1n) is 5.37. The zero-order valence-electron chi connectivity index (χ0n) is 9.34. The van der Waals surface area contributed by atoms with Gasteiger partial charge in [-0.2, -0.15) is 0 Å². The summed E-state index contributed by atoms with van der Waals surface area (Å²) < 4.78 is 0. The molecule has 1 aliphatic rings. The predicted molar refractivity (Wildman–Crippen MR) is 56.3 cm³/mol. The van der Waals surface area contributed by atoms with E-state index in [9.17, 15) is 4.79 Å². The summed E-state index contributed by atoms with van der Waals surface area (Å²) in [6.07, 6.45) is 3.80. The highest BCUT2D eigenvalue weighted by Gasteiger charge is 2.31. The first kappa shape index (κ1) is 11.5. The molecule has 14 heavy (non-hydrogen) atoms. The van der Waals surface area contributed by atoms with Crippen LogP contribution in [0.2, 0.25) is 0 Å². The molecule has 3 heteroatoms. The van der Waals surface area contributed by atoms with Gasteiger partial charge in [0.2, 0.25) is 0 Å². The monoisotopic (exact) mass is 199 g/mol. The molecule has 0 aromatic heterocycles. The van der Waals surface area contributed by atoms with Crippen LogP contribution in [0.25, 0.3) is 0 Å². The fourth-order valence-corrected chi connectivity index (χ4v) is 2.30. The van der Waals surface area contributed by atoms with Crippen molar-refractivity contribution in [2.24, 2.45) is 5.41 Å². The van der Waals surface area contributed by atoms with E-state index in [0.717, 1.165) is 6.42 Å². The Labute approximate surface area is 85.9 Å². The number of carbonyl (C=O) groups is 1.